The zero-order valence-corrected chi connectivity index (χ0v) is 18.9. The van der Waals surface area contributed by atoms with Gasteiger partial charge in [0.2, 0.25) is 0 Å². The number of nitrogens with zero attached hydrogens (tertiary/aromatic N) is 2. The summed E-state index contributed by atoms with van der Waals surface area (Å²) in [5, 5.41) is 0.686. The molecule has 32 heavy (non-hydrogen) atoms. The summed E-state index contributed by atoms with van der Waals surface area (Å²) < 4.78 is 34.7. The Kier molecular flexibility index (Phi) is 5.19. The Morgan fingerprint density at radius 1 is 1.09 bits per heavy atom. The van der Waals surface area contributed by atoms with Crippen molar-refractivity contribution in [2.45, 2.75) is 30.9 Å². The van der Waals surface area contributed by atoms with E-state index in [1.165, 1.54) is 27.8 Å². The normalized spacial score (nSPS) is 15.7. The van der Waals surface area contributed by atoms with Crippen LogP contribution in [0.15, 0.2) is 77.7 Å². The molecular formula is C24H20N2O4S2. The molecule has 1 aliphatic heterocycles. The van der Waals surface area contributed by atoms with Crippen LogP contribution in [0.5, 0.6) is 0 Å². The van der Waals surface area contributed by atoms with Crippen molar-refractivity contribution in [2.24, 2.45) is 0 Å². The number of para-hydroxylation sites is 2. The fourth-order valence-corrected chi connectivity index (χ4v) is 6.61. The van der Waals surface area contributed by atoms with Crippen LogP contribution in [-0.2, 0) is 27.8 Å². The molecule has 4 aromatic rings. The van der Waals surface area contributed by atoms with Gasteiger partial charge in [0.1, 0.15) is 11.6 Å². The predicted molar refractivity (Wildman–Crippen MR) is 124 cm³/mol. The van der Waals surface area contributed by atoms with Crippen LogP contribution in [0.25, 0.3) is 10.2 Å². The highest BCUT2D eigenvalue weighted by molar-refractivity contribution is 7.92. The van der Waals surface area contributed by atoms with E-state index in [4.69, 9.17) is 4.74 Å². The Morgan fingerprint density at radius 3 is 2.72 bits per heavy atom. The van der Waals surface area contributed by atoms with Gasteiger partial charge in [-0.05, 0) is 55.3 Å². The molecule has 1 aliphatic rings. The van der Waals surface area contributed by atoms with Crippen molar-refractivity contribution in [2.75, 3.05) is 4.31 Å². The average Bonchev–Trinajstić information content (AvgIpc) is 3.37. The number of hydrogen-bond donors (Lipinski definition) is 0. The molecule has 5 rings (SSSR count). The minimum atomic E-state index is -3.83. The van der Waals surface area contributed by atoms with Crippen LogP contribution < -0.4 is 4.31 Å². The fraction of sp³-hybridized carbons (Fsp3) is 0.167. The van der Waals surface area contributed by atoms with Crippen molar-refractivity contribution in [1.29, 1.82) is 0 Å². The highest BCUT2D eigenvalue weighted by atomic mass is 32.2. The van der Waals surface area contributed by atoms with Crippen LogP contribution in [0.2, 0.25) is 0 Å². The van der Waals surface area contributed by atoms with Gasteiger partial charge in [0.05, 0.1) is 26.4 Å². The van der Waals surface area contributed by atoms with Crippen molar-refractivity contribution < 1.29 is 17.9 Å². The number of hydrogen-bond acceptors (Lipinski definition) is 6. The molecule has 8 heteroatoms. The summed E-state index contributed by atoms with van der Waals surface area (Å²) in [5.74, 6) is -0.587. The van der Waals surface area contributed by atoms with Gasteiger partial charge in [-0.25, -0.2) is 18.2 Å². The quantitative estimate of drug-likeness (QED) is 0.397. The lowest BCUT2D eigenvalue weighted by Gasteiger charge is -2.24. The molecule has 6 nitrogen and oxygen atoms in total. The van der Waals surface area contributed by atoms with Gasteiger partial charge in [0.25, 0.3) is 10.0 Å². The van der Waals surface area contributed by atoms with Crippen LogP contribution in [0.3, 0.4) is 0 Å². The summed E-state index contributed by atoms with van der Waals surface area (Å²) >= 11 is 1.46. The largest absolute Gasteiger partial charge is 0.455 e. The second-order valence-electron chi connectivity index (χ2n) is 7.66. The zero-order valence-electron chi connectivity index (χ0n) is 17.3. The molecule has 0 bridgehead atoms. The van der Waals surface area contributed by atoms with Crippen molar-refractivity contribution in [3.63, 3.8) is 0 Å². The predicted octanol–water partition coefficient (Wildman–Crippen LogP) is 4.79. The third-order valence-electron chi connectivity index (χ3n) is 5.44. The smallest absolute Gasteiger partial charge is 0.338 e. The second kappa shape index (κ2) is 8.03. The molecular weight excluding hydrogens is 444 g/mol. The van der Waals surface area contributed by atoms with Gasteiger partial charge in [-0.3, -0.25) is 4.31 Å². The summed E-state index contributed by atoms with van der Waals surface area (Å²) in [7, 11) is -3.83. The van der Waals surface area contributed by atoms with Gasteiger partial charge in [-0.2, -0.15) is 0 Å². The number of sulfonamides is 1. The van der Waals surface area contributed by atoms with Crippen LogP contribution >= 0.6 is 11.3 Å². The summed E-state index contributed by atoms with van der Waals surface area (Å²) in [5.41, 5.74) is 2.72. The number of ether oxygens (including phenoxy) is 1. The van der Waals surface area contributed by atoms with E-state index in [1.807, 2.05) is 55.5 Å². The van der Waals surface area contributed by atoms with Crippen molar-refractivity contribution >= 4 is 43.2 Å². The second-order valence-corrected chi connectivity index (χ2v) is 10.6. The van der Waals surface area contributed by atoms with Gasteiger partial charge in [0, 0.05) is 6.04 Å². The standard InChI is InChI=1S/C24H20N2O4S2/c1-16-13-17-7-2-4-11-21(17)26(16)32(28,29)19-9-6-8-18(14-19)24(27)30-15-23-25-20-10-3-5-12-22(20)31-23/h2-12,14,16H,13,15H2,1H3/t16-/m1/s1. The molecule has 0 radical (unpaired) electrons. The van der Waals surface area contributed by atoms with E-state index >= 15 is 0 Å². The lowest BCUT2D eigenvalue weighted by Crippen LogP contribution is -2.35. The van der Waals surface area contributed by atoms with Gasteiger partial charge >= 0.3 is 5.97 Å². The van der Waals surface area contributed by atoms with E-state index in [1.54, 1.807) is 12.1 Å². The van der Waals surface area contributed by atoms with Crippen LogP contribution in [0.4, 0.5) is 5.69 Å². The first-order chi connectivity index (χ1) is 15.4. The maximum absolute atomic E-state index is 13.4. The number of benzene rings is 3. The number of esters is 1. The highest BCUT2D eigenvalue weighted by Gasteiger charge is 2.36. The molecule has 3 aromatic carbocycles. The summed E-state index contributed by atoms with van der Waals surface area (Å²) in [6.45, 7) is 1.92. The molecule has 0 unspecified atom stereocenters. The third-order valence-corrected chi connectivity index (χ3v) is 8.37. The van der Waals surface area contributed by atoms with E-state index in [-0.39, 0.29) is 23.1 Å². The number of carbonyl (C=O) groups is 1. The Bertz CT molecular complexity index is 1400. The number of fused-ring (bicyclic) bond motifs is 2. The Labute approximate surface area is 190 Å². The lowest BCUT2D eigenvalue weighted by molar-refractivity contribution is 0.0472. The number of rotatable bonds is 5. The third kappa shape index (κ3) is 3.65. The number of anilines is 1. The molecule has 0 spiro atoms. The molecule has 0 amide bonds. The van der Waals surface area contributed by atoms with Crippen LogP contribution in [0, 0.1) is 0 Å². The van der Waals surface area contributed by atoms with Gasteiger partial charge in [-0.1, -0.05) is 36.4 Å². The summed E-state index contributed by atoms with van der Waals surface area (Å²) in [6, 6.07) is 21.0. The minimum absolute atomic E-state index is 0.0334. The Hall–Kier alpha value is -3.23. The maximum atomic E-state index is 13.4. The fourth-order valence-electron chi connectivity index (χ4n) is 3.99. The van der Waals surface area contributed by atoms with E-state index in [2.05, 4.69) is 4.98 Å². The summed E-state index contributed by atoms with van der Waals surface area (Å²) in [6.07, 6.45) is 0.652. The van der Waals surface area contributed by atoms with Gasteiger partial charge in [-0.15, -0.1) is 11.3 Å². The van der Waals surface area contributed by atoms with Crippen LogP contribution in [0.1, 0.15) is 27.9 Å². The molecule has 0 aliphatic carbocycles. The number of aromatic nitrogens is 1. The maximum Gasteiger partial charge on any atom is 0.338 e. The first kappa shape index (κ1) is 20.7. The Balaban J connectivity index is 1.37. The van der Waals surface area contributed by atoms with E-state index in [9.17, 15) is 13.2 Å². The van der Waals surface area contributed by atoms with Crippen molar-refractivity contribution in [3.8, 4) is 0 Å². The van der Waals surface area contributed by atoms with Crippen LogP contribution in [-0.4, -0.2) is 25.4 Å². The molecule has 0 fully saturated rings. The first-order valence-electron chi connectivity index (χ1n) is 10.2. The van der Waals surface area contributed by atoms with E-state index < -0.39 is 16.0 Å². The lowest BCUT2D eigenvalue weighted by atomic mass is 10.1. The molecule has 1 aromatic heterocycles. The molecule has 2 heterocycles. The summed E-state index contributed by atoms with van der Waals surface area (Å²) in [4.78, 5) is 17.2. The van der Waals surface area contributed by atoms with Gasteiger partial charge in [0.15, 0.2) is 0 Å². The first-order valence-corrected chi connectivity index (χ1v) is 12.4. The minimum Gasteiger partial charge on any atom is -0.455 e. The number of carbonyl (C=O) groups excluding carboxylic acids is 1. The number of thiazole rings is 1. The van der Waals surface area contributed by atoms with Crippen molar-refractivity contribution in [1.82, 2.24) is 4.98 Å². The molecule has 1 atom stereocenters. The highest BCUT2D eigenvalue weighted by Crippen LogP contribution is 2.36. The molecule has 0 saturated heterocycles. The SMILES string of the molecule is C[C@@H]1Cc2ccccc2N1S(=O)(=O)c1cccc(C(=O)OCc2nc3ccccc3s2)c1. The molecule has 0 N–H and O–H groups in total. The Morgan fingerprint density at radius 2 is 1.88 bits per heavy atom. The van der Waals surface area contributed by atoms with Gasteiger partial charge < -0.3 is 4.74 Å². The molecule has 0 saturated carbocycles. The molecule has 162 valence electrons. The van der Waals surface area contributed by atoms with E-state index in [0.717, 1.165) is 15.8 Å². The van der Waals surface area contributed by atoms with E-state index in [0.29, 0.717) is 17.1 Å². The monoisotopic (exact) mass is 464 g/mol. The zero-order chi connectivity index (χ0) is 22.3. The van der Waals surface area contributed by atoms with Crippen molar-refractivity contribution in [3.05, 3.63) is 88.9 Å². The average molecular weight is 465 g/mol. The topological polar surface area (TPSA) is 76.6 Å².